The lowest BCUT2D eigenvalue weighted by molar-refractivity contribution is -0.117. The van der Waals surface area contributed by atoms with Crippen molar-refractivity contribution in [1.82, 2.24) is 0 Å². The van der Waals surface area contributed by atoms with Gasteiger partial charge in [0.1, 0.15) is 12.4 Å². The highest BCUT2D eigenvalue weighted by Gasteiger charge is 2.21. The highest BCUT2D eigenvalue weighted by atomic mass is 32.1. The highest BCUT2D eigenvalue weighted by molar-refractivity contribution is 7.10. The molecule has 1 aliphatic heterocycles. The summed E-state index contributed by atoms with van der Waals surface area (Å²) in [4.78, 5) is 26.3. The zero-order valence-corrected chi connectivity index (χ0v) is 13.0. The Morgan fingerprint density at radius 1 is 1.36 bits per heavy atom. The normalized spacial score (nSPS) is 13.2. The van der Waals surface area contributed by atoms with Crippen molar-refractivity contribution in [3.8, 4) is 5.75 Å². The number of nitrogens with one attached hydrogen (secondary N) is 1. The average molecular weight is 316 g/mol. The smallest absolute Gasteiger partial charge is 0.229 e. The van der Waals surface area contributed by atoms with Crippen LogP contribution in [0.25, 0.3) is 0 Å². The topological polar surface area (TPSA) is 58.6 Å². The van der Waals surface area contributed by atoms with Gasteiger partial charge in [0.2, 0.25) is 11.8 Å². The first-order valence-electron chi connectivity index (χ1n) is 7.00. The van der Waals surface area contributed by atoms with Crippen molar-refractivity contribution >= 4 is 34.5 Å². The first-order chi connectivity index (χ1) is 10.6. The minimum absolute atomic E-state index is 0.0148. The summed E-state index contributed by atoms with van der Waals surface area (Å²) in [5.74, 6) is 0.538. The van der Waals surface area contributed by atoms with Crippen LogP contribution in [0, 0.1) is 0 Å². The number of anilines is 2. The van der Waals surface area contributed by atoms with E-state index < -0.39 is 0 Å². The van der Waals surface area contributed by atoms with Gasteiger partial charge in [-0.15, -0.1) is 11.3 Å². The van der Waals surface area contributed by atoms with Gasteiger partial charge >= 0.3 is 0 Å². The Kier molecular flexibility index (Phi) is 4.11. The van der Waals surface area contributed by atoms with Crippen LogP contribution in [0.3, 0.4) is 0 Å². The van der Waals surface area contributed by atoms with Crippen molar-refractivity contribution in [3.63, 3.8) is 0 Å². The number of amides is 2. The maximum Gasteiger partial charge on any atom is 0.229 e. The van der Waals surface area contributed by atoms with E-state index >= 15 is 0 Å². The number of hydrogen-bond donors (Lipinski definition) is 1. The van der Waals surface area contributed by atoms with Crippen LogP contribution in [0.5, 0.6) is 5.75 Å². The third-order valence-corrected chi connectivity index (χ3v) is 4.28. The number of benzene rings is 1. The van der Waals surface area contributed by atoms with Crippen molar-refractivity contribution in [2.24, 2.45) is 0 Å². The summed E-state index contributed by atoms with van der Waals surface area (Å²) < 4.78 is 5.59. The zero-order chi connectivity index (χ0) is 15.5. The van der Waals surface area contributed by atoms with E-state index in [1.54, 1.807) is 34.4 Å². The number of nitrogens with zero attached hydrogens (tertiary/aromatic N) is 1. The molecule has 1 N–H and O–H groups in total. The maximum atomic E-state index is 12.0. The molecule has 22 heavy (non-hydrogen) atoms. The Morgan fingerprint density at radius 2 is 2.23 bits per heavy atom. The zero-order valence-electron chi connectivity index (χ0n) is 12.2. The summed E-state index contributed by atoms with van der Waals surface area (Å²) >= 11 is 1.56. The van der Waals surface area contributed by atoms with Gasteiger partial charge in [-0.3, -0.25) is 9.59 Å². The van der Waals surface area contributed by atoms with Gasteiger partial charge in [0.25, 0.3) is 0 Å². The Morgan fingerprint density at radius 3 is 2.95 bits per heavy atom. The van der Waals surface area contributed by atoms with Gasteiger partial charge in [-0.2, -0.15) is 0 Å². The predicted octanol–water partition coefficient (Wildman–Crippen LogP) is 2.67. The van der Waals surface area contributed by atoms with Gasteiger partial charge in [0, 0.05) is 23.6 Å². The summed E-state index contributed by atoms with van der Waals surface area (Å²) in [5.41, 5.74) is 1.42. The number of hydrogen-bond acceptors (Lipinski definition) is 4. The van der Waals surface area contributed by atoms with Gasteiger partial charge < -0.3 is 15.0 Å². The van der Waals surface area contributed by atoms with Gasteiger partial charge in [0.05, 0.1) is 18.7 Å². The first-order valence-corrected chi connectivity index (χ1v) is 7.88. The molecule has 5 nitrogen and oxygen atoms in total. The molecule has 114 valence electrons. The van der Waals surface area contributed by atoms with Crippen LogP contribution in [0.4, 0.5) is 11.4 Å². The van der Waals surface area contributed by atoms with Gasteiger partial charge in [-0.1, -0.05) is 6.07 Å². The molecule has 1 aromatic carbocycles. The molecule has 2 amide bonds. The van der Waals surface area contributed by atoms with E-state index in [1.807, 2.05) is 17.5 Å². The molecule has 0 unspecified atom stereocenters. The standard InChI is InChI=1S/C16H16N2O3S/c1-11(19)18-6-7-21-15-9-12(4-5-14(15)18)17-16(20)10-13-3-2-8-22-13/h2-5,8-9H,6-7,10H2,1H3,(H,17,20). The lowest BCUT2D eigenvalue weighted by Gasteiger charge is -2.29. The average Bonchev–Trinajstić information content (AvgIpc) is 2.99. The van der Waals surface area contributed by atoms with Gasteiger partial charge in [-0.25, -0.2) is 0 Å². The molecular formula is C16H16N2O3S. The van der Waals surface area contributed by atoms with Gasteiger partial charge in [-0.05, 0) is 23.6 Å². The van der Waals surface area contributed by atoms with Crippen LogP contribution in [-0.4, -0.2) is 25.0 Å². The summed E-state index contributed by atoms with van der Waals surface area (Å²) in [6.07, 6.45) is 0.356. The molecule has 0 fully saturated rings. The molecule has 3 rings (SSSR count). The number of carbonyl (C=O) groups is 2. The molecule has 1 aliphatic rings. The summed E-state index contributed by atoms with van der Waals surface area (Å²) in [6.45, 7) is 2.54. The fourth-order valence-electron chi connectivity index (χ4n) is 2.40. The molecule has 0 spiro atoms. The summed E-state index contributed by atoms with van der Waals surface area (Å²) in [6, 6.07) is 9.21. The molecule has 0 saturated carbocycles. The minimum atomic E-state index is -0.0679. The van der Waals surface area contributed by atoms with E-state index in [1.165, 1.54) is 6.92 Å². The molecular weight excluding hydrogens is 300 g/mol. The molecule has 0 radical (unpaired) electrons. The van der Waals surface area contributed by atoms with Crippen molar-refractivity contribution < 1.29 is 14.3 Å². The minimum Gasteiger partial charge on any atom is -0.489 e. The number of thiophene rings is 1. The molecule has 0 aliphatic carbocycles. The predicted molar refractivity (Wildman–Crippen MR) is 86.6 cm³/mol. The number of ether oxygens (including phenoxy) is 1. The number of rotatable bonds is 3. The largest absolute Gasteiger partial charge is 0.489 e. The highest BCUT2D eigenvalue weighted by Crippen LogP contribution is 2.34. The molecule has 2 heterocycles. The lowest BCUT2D eigenvalue weighted by Crippen LogP contribution is -2.36. The van der Waals surface area contributed by atoms with E-state index in [0.717, 1.165) is 10.6 Å². The Balaban J connectivity index is 1.73. The van der Waals surface area contributed by atoms with Crippen LogP contribution in [0.1, 0.15) is 11.8 Å². The van der Waals surface area contributed by atoms with Crippen LogP contribution in [0.2, 0.25) is 0 Å². The van der Waals surface area contributed by atoms with Crippen LogP contribution < -0.4 is 15.0 Å². The third kappa shape index (κ3) is 3.12. The molecule has 0 bridgehead atoms. The Bertz CT molecular complexity index is 697. The van der Waals surface area contributed by atoms with Crippen LogP contribution >= 0.6 is 11.3 Å². The quantitative estimate of drug-likeness (QED) is 0.947. The molecule has 6 heteroatoms. The fourth-order valence-corrected chi connectivity index (χ4v) is 3.10. The van der Waals surface area contributed by atoms with Crippen molar-refractivity contribution in [2.45, 2.75) is 13.3 Å². The maximum absolute atomic E-state index is 12.0. The number of carbonyl (C=O) groups excluding carboxylic acids is 2. The number of fused-ring (bicyclic) bond motifs is 1. The fraction of sp³-hybridized carbons (Fsp3) is 0.250. The molecule has 2 aromatic rings. The van der Waals surface area contributed by atoms with E-state index in [0.29, 0.717) is 31.0 Å². The second-order valence-corrected chi connectivity index (χ2v) is 6.04. The monoisotopic (exact) mass is 316 g/mol. The Labute approximate surface area is 132 Å². The molecule has 0 saturated heterocycles. The van der Waals surface area contributed by atoms with Crippen molar-refractivity contribution in [1.29, 1.82) is 0 Å². The second-order valence-electron chi connectivity index (χ2n) is 5.01. The van der Waals surface area contributed by atoms with Crippen LogP contribution in [-0.2, 0) is 16.0 Å². The lowest BCUT2D eigenvalue weighted by atomic mass is 10.2. The van der Waals surface area contributed by atoms with E-state index in [9.17, 15) is 9.59 Å². The second kappa shape index (κ2) is 6.19. The van der Waals surface area contributed by atoms with E-state index in [2.05, 4.69) is 5.32 Å². The molecule has 1 aromatic heterocycles. The van der Waals surface area contributed by atoms with Crippen molar-refractivity contribution in [2.75, 3.05) is 23.4 Å². The SMILES string of the molecule is CC(=O)N1CCOc2cc(NC(=O)Cc3cccs3)ccc21. The van der Waals surface area contributed by atoms with Crippen molar-refractivity contribution in [3.05, 3.63) is 40.6 Å². The molecule has 0 atom stereocenters. The first kappa shape index (κ1) is 14.6. The summed E-state index contributed by atoms with van der Waals surface area (Å²) in [7, 11) is 0. The van der Waals surface area contributed by atoms with Crippen LogP contribution in [0.15, 0.2) is 35.7 Å². The summed E-state index contributed by atoms with van der Waals surface area (Å²) in [5, 5.41) is 4.81. The van der Waals surface area contributed by atoms with E-state index in [4.69, 9.17) is 4.74 Å². The third-order valence-electron chi connectivity index (χ3n) is 3.40. The van der Waals surface area contributed by atoms with E-state index in [-0.39, 0.29) is 11.8 Å². The van der Waals surface area contributed by atoms with Gasteiger partial charge in [0.15, 0.2) is 0 Å². The Hall–Kier alpha value is -2.34.